The molecule has 1 amide bonds. The summed E-state index contributed by atoms with van der Waals surface area (Å²) in [6.45, 7) is 14.1. The number of nitrogens with zero attached hydrogens (tertiary/aromatic N) is 2. The smallest absolute Gasteiger partial charge is 0.233 e. The van der Waals surface area contributed by atoms with Gasteiger partial charge in [-0.15, -0.1) is 0 Å². The molecule has 1 aliphatic rings. The zero-order valence-corrected chi connectivity index (χ0v) is 16.3. The highest BCUT2D eigenvalue weighted by Crippen LogP contribution is 2.37. The van der Waals surface area contributed by atoms with Gasteiger partial charge in [0.15, 0.2) is 5.82 Å². The molecule has 0 fully saturated rings. The highest BCUT2D eigenvalue weighted by molar-refractivity contribution is 6.03. The minimum Gasteiger partial charge on any atom is -0.383 e. The van der Waals surface area contributed by atoms with Gasteiger partial charge in [0.2, 0.25) is 5.91 Å². The summed E-state index contributed by atoms with van der Waals surface area (Å²) in [7, 11) is 0. The van der Waals surface area contributed by atoms with Crippen molar-refractivity contribution in [2.24, 2.45) is 5.92 Å². The van der Waals surface area contributed by atoms with E-state index in [0.29, 0.717) is 28.9 Å². The molecule has 0 aromatic carbocycles. The summed E-state index contributed by atoms with van der Waals surface area (Å²) in [4.78, 5) is 21.1. The van der Waals surface area contributed by atoms with Gasteiger partial charge in [-0.05, 0) is 31.8 Å². The Morgan fingerprint density at radius 2 is 2.08 bits per heavy atom. The van der Waals surface area contributed by atoms with Crippen molar-refractivity contribution >= 4 is 23.1 Å². The molecule has 1 unspecified atom stereocenters. The predicted molar refractivity (Wildman–Crippen MR) is 109 cm³/mol. The Balaban J connectivity index is 2.67. The highest BCUT2D eigenvalue weighted by atomic mass is 16.2. The summed E-state index contributed by atoms with van der Waals surface area (Å²) in [6, 6.07) is 0. The van der Waals surface area contributed by atoms with E-state index in [0.717, 1.165) is 17.6 Å². The van der Waals surface area contributed by atoms with E-state index in [1.165, 1.54) is 5.57 Å². The van der Waals surface area contributed by atoms with Gasteiger partial charge in [0.25, 0.3) is 0 Å². The number of hydrogen-bond donors (Lipinski definition) is 2. The second kappa shape index (κ2) is 8.13. The number of amides is 1. The monoisotopic (exact) mass is 352 g/mol. The maximum atomic E-state index is 12.0. The summed E-state index contributed by atoms with van der Waals surface area (Å²) < 4.78 is 0. The lowest BCUT2D eigenvalue weighted by molar-refractivity contribution is -0.116. The third-order valence-electron chi connectivity index (χ3n) is 4.67. The van der Waals surface area contributed by atoms with Crippen LogP contribution in [0.2, 0.25) is 0 Å². The lowest BCUT2D eigenvalue weighted by Crippen LogP contribution is -2.09. The molecular weight excluding hydrogens is 324 g/mol. The van der Waals surface area contributed by atoms with Gasteiger partial charge in [0.05, 0.1) is 5.92 Å². The second-order valence-electron chi connectivity index (χ2n) is 6.78. The highest BCUT2D eigenvalue weighted by Gasteiger charge is 2.32. The van der Waals surface area contributed by atoms with Gasteiger partial charge in [0.1, 0.15) is 11.6 Å². The van der Waals surface area contributed by atoms with Gasteiger partial charge in [-0.25, -0.2) is 9.97 Å². The lowest BCUT2D eigenvalue weighted by atomic mass is 9.92. The molecular formula is C21H28N4O. The van der Waals surface area contributed by atoms with Crippen LogP contribution in [0.25, 0.3) is 5.57 Å². The Labute approximate surface area is 155 Å². The molecule has 0 saturated carbocycles. The van der Waals surface area contributed by atoms with E-state index >= 15 is 0 Å². The van der Waals surface area contributed by atoms with Crippen LogP contribution in [0.15, 0.2) is 42.0 Å². The Hall–Kier alpha value is -2.69. The number of aromatic nitrogens is 2. The first-order valence-corrected chi connectivity index (χ1v) is 9.00. The van der Waals surface area contributed by atoms with Crippen molar-refractivity contribution in [3.63, 3.8) is 0 Å². The van der Waals surface area contributed by atoms with Crippen molar-refractivity contribution < 1.29 is 4.79 Å². The first-order valence-electron chi connectivity index (χ1n) is 9.00. The molecule has 2 heterocycles. The van der Waals surface area contributed by atoms with Crippen LogP contribution in [-0.2, 0) is 4.79 Å². The fourth-order valence-corrected chi connectivity index (χ4v) is 2.92. The standard InChI is InChI=1S/C21H28N4O/c1-7-9-11-15(13(5)12(3)4)16(10-8-2)19-23-18(22)17-14(6)21(26)25-20(17)24-19/h7,9-12,14H,1,8H2,2-6H3,(H3,22,23,24,25,26)/b11-9-,15-13-,16-10?. The molecule has 138 valence electrons. The normalized spacial score (nSPS) is 18.2. The van der Waals surface area contributed by atoms with Crippen LogP contribution >= 0.6 is 0 Å². The van der Waals surface area contributed by atoms with Crippen LogP contribution in [0.5, 0.6) is 0 Å². The first-order chi connectivity index (χ1) is 12.3. The van der Waals surface area contributed by atoms with E-state index in [-0.39, 0.29) is 11.8 Å². The molecule has 2 rings (SSSR count). The SMILES string of the molecule is C=C/C=C\C(C(=CCC)c1nc(N)c2c(n1)NC(=O)C2C)=C(/C)C(C)C. The minimum absolute atomic E-state index is 0.0974. The van der Waals surface area contributed by atoms with Gasteiger partial charge in [-0.2, -0.15) is 0 Å². The first kappa shape index (κ1) is 19.6. The number of nitrogens with one attached hydrogen (secondary N) is 1. The minimum atomic E-state index is -0.328. The zero-order chi connectivity index (χ0) is 19.4. The molecule has 0 saturated heterocycles. The van der Waals surface area contributed by atoms with Gasteiger partial charge < -0.3 is 11.1 Å². The number of nitrogens with two attached hydrogens (primary N) is 1. The zero-order valence-electron chi connectivity index (χ0n) is 16.3. The van der Waals surface area contributed by atoms with Crippen molar-refractivity contribution in [2.45, 2.75) is 47.0 Å². The van der Waals surface area contributed by atoms with Gasteiger partial charge in [-0.1, -0.05) is 57.2 Å². The van der Waals surface area contributed by atoms with Crippen LogP contribution < -0.4 is 11.1 Å². The fourth-order valence-electron chi connectivity index (χ4n) is 2.92. The van der Waals surface area contributed by atoms with Crippen LogP contribution in [0.1, 0.15) is 58.3 Å². The van der Waals surface area contributed by atoms with Crippen LogP contribution in [-0.4, -0.2) is 15.9 Å². The molecule has 1 aliphatic heterocycles. The molecule has 1 aromatic heterocycles. The number of carbonyl (C=O) groups is 1. The number of rotatable bonds is 6. The lowest BCUT2D eigenvalue weighted by Gasteiger charge is -2.16. The third kappa shape index (κ3) is 3.77. The van der Waals surface area contributed by atoms with E-state index in [1.54, 1.807) is 6.08 Å². The van der Waals surface area contributed by atoms with E-state index in [2.05, 4.69) is 55.6 Å². The third-order valence-corrected chi connectivity index (χ3v) is 4.67. The molecule has 0 aliphatic carbocycles. The number of allylic oxidation sites excluding steroid dienone is 7. The van der Waals surface area contributed by atoms with Gasteiger partial charge >= 0.3 is 0 Å². The van der Waals surface area contributed by atoms with Crippen molar-refractivity contribution in [1.29, 1.82) is 0 Å². The molecule has 3 N–H and O–H groups in total. The Bertz CT molecular complexity index is 816. The van der Waals surface area contributed by atoms with E-state index in [1.807, 2.05) is 19.1 Å². The second-order valence-corrected chi connectivity index (χ2v) is 6.78. The van der Waals surface area contributed by atoms with E-state index in [4.69, 9.17) is 5.73 Å². The van der Waals surface area contributed by atoms with Crippen LogP contribution in [0.4, 0.5) is 11.6 Å². The van der Waals surface area contributed by atoms with Gasteiger partial charge in [0, 0.05) is 11.1 Å². The molecule has 1 atom stereocenters. The largest absolute Gasteiger partial charge is 0.383 e. The molecule has 5 heteroatoms. The summed E-state index contributed by atoms with van der Waals surface area (Å²) in [5.74, 6) is 1.34. The Morgan fingerprint density at radius 3 is 2.65 bits per heavy atom. The molecule has 0 spiro atoms. The average Bonchev–Trinajstić information content (AvgIpc) is 2.88. The van der Waals surface area contributed by atoms with E-state index in [9.17, 15) is 4.79 Å². The summed E-state index contributed by atoms with van der Waals surface area (Å²) in [5.41, 5.74) is 10.1. The van der Waals surface area contributed by atoms with Crippen molar-refractivity contribution in [1.82, 2.24) is 9.97 Å². The fraction of sp³-hybridized carbons (Fsp3) is 0.381. The van der Waals surface area contributed by atoms with Crippen molar-refractivity contribution in [3.05, 3.63) is 53.4 Å². The predicted octanol–water partition coefficient (Wildman–Crippen LogP) is 4.62. The number of nitrogen functional groups attached to an aromatic ring is 1. The van der Waals surface area contributed by atoms with Crippen molar-refractivity contribution in [3.8, 4) is 0 Å². The average molecular weight is 352 g/mol. The maximum Gasteiger partial charge on any atom is 0.233 e. The summed E-state index contributed by atoms with van der Waals surface area (Å²) in [5, 5.41) is 2.81. The topological polar surface area (TPSA) is 80.9 Å². The Kier molecular flexibility index (Phi) is 6.14. The Morgan fingerprint density at radius 1 is 1.38 bits per heavy atom. The number of carbonyl (C=O) groups excluding carboxylic acids is 1. The molecule has 5 nitrogen and oxygen atoms in total. The molecule has 26 heavy (non-hydrogen) atoms. The van der Waals surface area contributed by atoms with Crippen molar-refractivity contribution in [2.75, 3.05) is 11.1 Å². The molecule has 1 aromatic rings. The van der Waals surface area contributed by atoms with Gasteiger partial charge in [-0.3, -0.25) is 4.79 Å². The maximum absolute atomic E-state index is 12.0. The number of fused-ring (bicyclic) bond motifs is 1. The molecule has 0 radical (unpaired) electrons. The number of hydrogen-bond acceptors (Lipinski definition) is 4. The van der Waals surface area contributed by atoms with Crippen LogP contribution in [0.3, 0.4) is 0 Å². The summed E-state index contributed by atoms with van der Waals surface area (Å²) >= 11 is 0. The molecule has 0 bridgehead atoms. The van der Waals surface area contributed by atoms with Crippen LogP contribution in [0, 0.1) is 5.92 Å². The summed E-state index contributed by atoms with van der Waals surface area (Å²) in [6.07, 6.45) is 8.60. The quantitative estimate of drug-likeness (QED) is 0.732. The number of anilines is 2. The van der Waals surface area contributed by atoms with E-state index < -0.39 is 0 Å².